The lowest BCUT2D eigenvalue weighted by molar-refractivity contribution is 0.200. The van der Waals surface area contributed by atoms with Crippen molar-refractivity contribution in [1.82, 2.24) is 5.32 Å². The molecule has 0 heterocycles. The molecule has 0 atom stereocenters. The molecule has 0 unspecified atom stereocenters. The molecule has 0 radical (unpaired) electrons. The molecule has 4 heteroatoms. The highest BCUT2D eigenvalue weighted by Gasteiger charge is 2.01. The molecule has 0 aromatic heterocycles. The Morgan fingerprint density at radius 1 is 1.36 bits per heavy atom. The Morgan fingerprint density at radius 3 is 2.71 bits per heavy atom. The third-order valence-corrected chi connectivity index (χ3v) is 1.80. The molecule has 1 aromatic rings. The molecule has 0 saturated heterocycles. The predicted octanol–water partition coefficient (Wildman–Crippen LogP) is 2.40. The van der Waals surface area contributed by atoms with Gasteiger partial charge in [0.05, 0.1) is 0 Å². The van der Waals surface area contributed by atoms with Crippen LogP contribution in [0.25, 0.3) is 0 Å². The van der Waals surface area contributed by atoms with Gasteiger partial charge in [-0.15, -0.1) is 11.6 Å². The van der Waals surface area contributed by atoms with Gasteiger partial charge in [0.2, 0.25) is 0 Å². The van der Waals surface area contributed by atoms with Crippen LogP contribution in [0.2, 0.25) is 0 Å². The van der Waals surface area contributed by atoms with Gasteiger partial charge in [0, 0.05) is 12.4 Å². The summed E-state index contributed by atoms with van der Waals surface area (Å²) in [4.78, 5) is 11.1. The van der Waals surface area contributed by atoms with Crippen LogP contribution in [-0.4, -0.2) is 18.5 Å². The van der Waals surface area contributed by atoms with Crippen LogP contribution in [0.4, 0.5) is 4.79 Å². The summed E-state index contributed by atoms with van der Waals surface area (Å²) in [5.41, 5.74) is 0. The Balaban J connectivity index is 2.27. The number of carbonyl (C=O) groups is 1. The molecule has 0 spiro atoms. The van der Waals surface area contributed by atoms with Gasteiger partial charge in [0.15, 0.2) is 0 Å². The van der Waals surface area contributed by atoms with E-state index in [1.54, 1.807) is 24.3 Å². The third kappa shape index (κ3) is 4.14. The summed E-state index contributed by atoms with van der Waals surface area (Å²) < 4.78 is 4.97. The summed E-state index contributed by atoms with van der Waals surface area (Å²) in [6.45, 7) is 0.537. The number of amides is 1. The van der Waals surface area contributed by atoms with Gasteiger partial charge in [0.1, 0.15) is 5.75 Å². The van der Waals surface area contributed by atoms with Gasteiger partial charge < -0.3 is 10.1 Å². The van der Waals surface area contributed by atoms with Gasteiger partial charge in [0.25, 0.3) is 0 Å². The molecule has 0 saturated carbocycles. The fourth-order valence-electron chi connectivity index (χ4n) is 0.889. The largest absolute Gasteiger partial charge is 0.412 e. The van der Waals surface area contributed by atoms with Crippen molar-refractivity contribution in [3.05, 3.63) is 30.3 Å². The van der Waals surface area contributed by atoms with Crippen LogP contribution in [0, 0.1) is 0 Å². The molecule has 0 bridgehead atoms. The Morgan fingerprint density at radius 2 is 2.07 bits per heavy atom. The van der Waals surface area contributed by atoms with Crippen molar-refractivity contribution in [2.24, 2.45) is 0 Å². The minimum absolute atomic E-state index is 0.443. The Kier molecular flexibility index (Phi) is 4.86. The highest BCUT2D eigenvalue weighted by Crippen LogP contribution is 2.07. The number of halogens is 1. The quantitative estimate of drug-likeness (QED) is 0.616. The van der Waals surface area contributed by atoms with Crippen LogP contribution < -0.4 is 10.1 Å². The zero-order valence-corrected chi connectivity index (χ0v) is 8.46. The fraction of sp³-hybridized carbons (Fsp3) is 0.300. The maximum absolute atomic E-state index is 11.1. The first-order valence-corrected chi connectivity index (χ1v) is 4.93. The number of rotatable bonds is 4. The van der Waals surface area contributed by atoms with Crippen LogP contribution >= 0.6 is 11.6 Å². The molecule has 14 heavy (non-hydrogen) atoms. The Hall–Kier alpha value is -1.22. The van der Waals surface area contributed by atoms with Crippen LogP contribution in [0.5, 0.6) is 5.75 Å². The standard InChI is InChI=1S/C10H12ClNO2/c11-7-4-8-12-10(13)14-9-5-2-1-3-6-9/h1-3,5-6H,4,7-8H2,(H,12,13). The second-order valence-corrected chi connectivity index (χ2v) is 3.05. The number of hydrogen-bond acceptors (Lipinski definition) is 2. The fourth-order valence-corrected chi connectivity index (χ4v) is 1.02. The molecule has 1 N–H and O–H groups in total. The van der Waals surface area contributed by atoms with Crippen LogP contribution in [0.3, 0.4) is 0 Å². The summed E-state index contributed by atoms with van der Waals surface area (Å²) in [5.74, 6) is 1.07. The highest BCUT2D eigenvalue weighted by molar-refractivity contribution is 6.17. The van der Waals surface area contributed by atoms with E-state index in [0.29, 0.717) is 18.2 Å². The molecule has 1 amide bonds. The van der Waals surface area contributed by atoms with Crippen LogP contribution in [0.15, 0.2) is 30.3 Å². The maximum atomic E-state index is 11.1. The van der Waals surface area contributed by atoms with Gasteiger partial charge in [-0.25, -0.2) is 4.79 Å². The number of nitrogens with one attached hydrogen (secondary N) is 1. The van der Waals surface area contributed by atoms with E-state index in [1.807, 2.05) is 6.07 Å². The van der Waals surface area contributed by atoms with Gasteiger partial charge >= 0.3 is 6.09 Å². The van der Waals surface area contributed by atoms with E-state index in [4.69, 9.17) is 16.3 Å². The zero-order chi connectivity index (χ0) is 10.2. The van der Waals surface area contributed by atoms with Crippen LogP contribution in [-0.2, 0) is 0 Å². The predicted molar refractivity (Wildman–Crippen MR) is 55.8 cm³/mol. The summed E-state index contributed by atoms with van der Waals surface area (Å²) in [6.07, 6.45) is 0.298. The first-order chi connectivity index (χ1) is 6.83. The average molecular weight is 214 g/mol. The minimum atomic E-state index is -0.443. The number of ether oxygens (including phenoxy) is 1. The monoisotopic (exact) mass is 213 g/mol. The molecule has 0 aliphatic rings. The third-order valence-electron chi connectivity index (χ3n) is 1.53. The van der Waals surface area contributed by atoms with Gasteiger partial charge in [-0.2, -0.15) is 0 Å². The number of hydrogen-bond donors (Lipinski definition) is 1. The number of alkyl halides is 1. The lowest BCUT2D eigenvalue weighted by Crippen LogP contribution is -2.27. The van der Waals surface area contributed by atoms with Gasteiger partial charge in [-0.05, 0) is 18.6 Å². The van der Waals surface area contributed by atoms with E-state index in [2.05, 4.69) is 5.32 Å². The van der Waals surface area contributed by atoms with Crippen molar-refractivity contribution in [3.8, 4) is 5.75 Å². The van der Waals surface area contributed by atoms with Crippen molar-refractivity contribution in [3.63, 3.8) is 0 Å². The Labute approximate surface area is 88.0 Å². The van der Waals surface area contributed by atoms with E-state index in [-0.39, 0.29) is 0 Å². The molecule has 3 nitrogen and oxygen atoms in total. The van der Waals surface area contributed by atoms with Crippen molar-refractivity contribution < 1.29 is 9.53 Å². The molecule has 1 aromatic carbocycles. The molecule has 0 aliphatic carbocycles. The first kappa shape index (κ1) is 10.9. The molecular formula is C10H12ClNO2. The lowest BCUT2D eigenvalue weighted by Gasteiger charge is -2.04. The molecule has 0 fully saturated rings. The highest BCUT2D eigenvalue weighted by atomic mass is 35.5. The second-order valence-electron chi connectivity index (χ2n) is 2.67. The van der Waals surface area contributed by atoms with Crippen LogP contribution in [0.1, 0.15) is 6.42 Å². The minimum Gasteiger partial charge on any atom is -0.410 e. The van der Waals surface area contributed by atoms with Crippen molar-refractivity contribution in [2.45, 2.75) is 6.42 Å². The number of benzene rings is 1. The maximum Gasteiger partial charge on any atom is 0.412 e. The molecular weight excluding hydrogens is 202 g/mol. The van der Waals surface area contributed by atoms with E-state index in [0.717, 1.165) is 6.42 Å². The average Bonchev–Trinajstić information content (AvgIpc) is 2.20. The topological polar surface area (TPSA) is 38.3 Å². The first-order valence-electron chi connectivity index (χ1n) is 4.39. The van der Waals surface area contributed by atoms with Gasteiger partial charge in [-0.3, -0.25) is 0 Å². The number of para-hydroxylation sites is 1. The summed E-state index contributed by atoms with van der Waals surface area (Å²) >= 11 is 5.45. The summed E-state index contributed by atoms with van der Waals surface area (Å²) in [5, 5.41) is 2.59. The molecule has 76 valence electrons. The normalized spacial score (nSPS) is 9.50. The smallest absolute Gasteiger partial charge is 0.410 e. The second kappa shape index (κ2) is 6.27. The summed E-state index contributed by atoms with van der Waals surface area (Å²) in [6, 6.07) is 8.92. The molecule has 0 aliphatic heterocycles. The van der Waals surface area contributed by atoms with Crippen molar-refractivity contribution >= 4 is 17.7 Å². The van der Waals surface area contributed by atoms with Crippen molar-refractivity contribution in [2.75, 3.05) is 12.4 Å². The lowest BCUT2D eigenvalue weighted by atomic mass is 10.3. The van der Waals surface area contributed by atoms with E-state index in [1.165, 1.54) is 0 Å². The summed E-state index contributed by atoms with van der Waals surface area (Å²) in [7, 11) is 0. The number of carbonyl (C=O) groups excluding carboxylic acids is 1. The SMILES string of the molecule is O=C(NCCCCl)Oc1ccccc1. The molecule has 1 rings (SSSR count). The Bertz CT molecular complexity index is 277. The van der Waals surface area contributed by atoms with E-state index >= 15 is 0 Å². The zero-order valence-electron chi connectivity index (χ0n) is 7.70. The van der Waals surface area contributed by atoms with Gasteiger partial charge in [-0.1, -0.05) is 18.2 Å². The van der Waals surface area contributed by atoms with Crippen molar-refractivity contribution in [1.29, 1.82) is 0 Å². The van der Waals surface area contributed by atoms with E-state index < -0.39 is 6.09 Å². The van der Waals surface area contributed by atoms with E-state index in [9.17, 15) is 4.79 Å².